The average molecular weight is 512 g/mol. The van der Waals surface area contributed by atoms with Gasteiger partial charge in [-0.15, -0.1) is 9.24 Å². The van der Waals surface area contributed by atoms with Crippen LogP contribution in [0.1, 0.15) is 42.9 Å². The summed E-state index contributed by atoms with van der Waals surface area (Å²) in [6.45, 7) is 6.08. The number of sulfonamides is 1. The van der Waals surface area contributed by atoms with Crippen LogP contribution in [-0.4, -0.2) is 44.5 Å². The lowest BCUT2D eigenvalue weighted by Gasteiger charge is -2.31. The van der Waals surface area contributed by atoms with Crippen molar-refractivity contribution >= 4 is 36.0 Å². The Balaban J connectivity index is 1.31. The van der Waals surface area contributed by atoms with Crippen molar-refractivity contribution in [1.29, 1.82) is 0 Å². The highest BCUT2D eigenvalue weighted by Gasteiger charge is 2.36. The summed E-state index contributed by atoms with van der Waals surface area (Å²) in [5.74, 6) is -0.251. The maximum atomic E-state index is 12.9. The van der Waals surface area contributed by atoms with Gasteiger partial charge in [0.25, 0.3) is 10.0 Å². The van der Waals surface area contributed by atoms with Gasteiger partial charge in [-0.05, 0) is 71.5 Å². The fourth-order valence-electron chi connectivity index (χ4n) is 5.04. The minimum absolute atomic E-state index is 0.0263. The Morgan fingerprint density at radius 1 is 1.34 bits per heavy atom. The van der Waals surface area contributed by atoms with Crippen molar-refractivity contribution in [1.82, 2.24) is 15.2 Å². The Labute approximate surface area is 208 Å². The molecule has 3 aliphatic heterocycles. The summed E-state index contributed by atoms with van der Waals surface area (Å²) in [6.07, 6.45) is 6.66. The van der Waals surface area contributed by atoms with E-state index >= 15 is 0 Å². The van der Waals surface area contributed by atoms with E-state index in [1.165, 1.54) is 0 Å². The molecule has 2 N–H and O–H groups in total. The number of aryl methyl sites for hydroxylation is 1. The second-order valence-corrected chi connectivity index (χ2v) is 12.0. The number of allylic oxidation sites excluding steroid dienone is 3. The van der Waals surface area contributed by atoms with Crippen molar-refractivity contribution in [2.24, 2.45) is 5.92 Å². The van der Waals surface area contributed by atoms with Crippen LogP contribution in [0.15, 0.2) is 52.6 Å². The van der Waals surface area contributed by atoms with Crippen molar-refractivity contribution in [2.45, 2.75) is 44.9 Å². The molecular weight excluding hydrogens is 481 g/mol. The monoisotopic (exact) mass is 511 g/mol. The molecule has 2 saturated heterocycles. The fourth-order valence-corrected chi connectivity index (χ4v) is 6.65. The summed E-state index contributed by atoms with van der Waals surface area (Å²) in [7, 11) is -1.23. The molecule has 1 aromatic rings. The lowest BCUT2D eigenvalue weighted by molar-refractivity contribution is -0.118. The third-order valence-corrected chi connectivity index (χ3v) is 8.93. The number of hydrogen-bond acceptors (Lipinski definition) is 6. The quantitative estimate of drug-likeness (QED) is 0.466. The molecule has 3 heterocycles. The zero-order valence-electron chi connectivity index (χ0n) is 20.0. The maximum absolute atomic E-state index is 12.9. The molecule has 5 rings (SSSR count). The number of hydrogen-bond donors (Lipinski definition) is 2. The zero-order chi connectivity index (χ0) is 24.7. The number of rotatable bonds is 5. The molecule has 0 aromatic heterocycles. The molecule has 7 nitrogen and oxygen atoms in total. The number of carbonyl (C=O) groups excluding carboxylic acids is 1. The molecule has 4 aliphatic rings. The van der Waals surface area contributed by atoms with E-state index in [4.69, 9.17) is 4.74 Å². The first-order valence-electron chi connectivity index (χ1n) is 11.9. The predicted octanol–water partition coefficient (Wildman–Crippen LogP) is 2.37. The SMILES string of the molecule is Cc1cc(C2=C=C=C3CCOCC3=C2)cc(P)c1CC(=O)NS(=O)(=O)C1C=C2C(C)CCCN2N1. The summed E-state index contributed by atoms with van der Waals surface area (Å²) in [4.78, 5) is 12.8. The number of carbonyl (C=O) groups is 1. The first kappa shape index (κ1) is 24.3. The lowest BCUT2D eigenvalue weighted by atomic mass is 9.92. The molecule has 35 heavy (non-hydrogen) atoms. The largest absolute Gasteiger partial charge is 0.376 e. The molecule has 2 fully saturated rings. The number of ether oxygens (including phenoxy) is 1. The van der Waals surface area contributed by atoms with Crippen LogP contribution in [0.4, 0.5) is 0 Å². The van der Waals surface area contributed by atoms with Crippen molar-refractivity contribution in [2.75, 3.05) is 19.8 Å². The van der Waals surface area contributed by atoms with Crippen LogP contribution in [0.5, 0.6) is 0 Å². The highest BCUT2D eigenvalue weighted by Crippen LogP contribution is 2.30. The highest BCUT2D eigenvalue weighted by molar-refractivity contribution is 7.90. The van der Waals surface area contributed by atoms with E-state index < -0.39 is 21.3 Å². The van der Waals surface area contributed by atoms with Gasteiger partial charge in [-0.1, -0.05) is 24.5 Å². The summed E-state index contributed by atoms with van der Waals surface area (Å²) in [5.41, 5.74) is 16.4. The number of benzene rings is 1. The summed E-state index contributed by atoms with van der Waals surface area (Å²) < 4.78 is 33.7. The number of amides is 1. The van der Waals surface area contributed by atoms with E-state index in [1.807, 2.05) is 24.1 Å². The molecule has 1 aromatic carbocycles. The molecule has 3 unspecified atom stereocenters. The van der Waals surface area contributed by atoms with E-state index in [0.29, 0.717) is 19.1 Å². The van der Waals surface area contributed by atoms with E-state index in [1.54, 1.807) is 6.08 Å². The van der Waals surface area contributed by atoms with Crippen molar-refractivity contribution in [3.63, 3.8) is 0 Å². The van der Waals surface area contributed by atoms with Crippen LogP contribution in [0, 0.1) is 12.8 Å². The maximum Gasteiger partial charge on any atom is 0.256 e. The number of hydrazine groups is 1. The van der Waals surface area contributed by atoms with Crippen LogP contribution in [0.3, 0.4) is 0 Å². The van der Waals surface area contributed by atoms with E-state index in [9.17, 15) is 13.2 Å². The number of nitrogens with one attached hydrogen (secondary N) is 2. The lowest BCUT2D eigenvalue weighted by Crippen LogP contribution is -2.48. The second-order valence-electron chi connectivity index (χ2n) is 9.56. The highest BCUT2D eigenvalue weighted by atomic mass is 32.2. The summed E-state index contributed by atoms with van der Waals surface area (Å²) in [5, 5.41) is 1.80. The molecule has 1 aliphatic carbocycles. The molecule has 0 radical (unpaired) electrons. The number of fused-ring (bicyclic) bond motifs is 2. The van der Waals surface area contributed by atoms with Crippen molar-refractivity contribution < 1.29 is 17.9 Å². The van der Waals surface area contributed by atoms with Gasteiger partial charge < -0.3 is 9.75 Å². The minimum Gasteiger partial charge on any atom is -0.376 e. The van der Waals surface area contributed by atoms with Crippen molar-refractivity contribution in [3.05, 3.63) is 69.3 Å². The molecule has 0 saturated carbocycles. The summed E-state index contributed by atoms with van der Waals surface area (Å²) >= 11 is 0. The van der Waals surface area contributed by atoms with Gasteiger partial charge in [0.2, 0.25) is 5.91 Å². The minimum atomic E-state index is -3.90. The van der Waals surface area contributed by atoms with Crippen LogP contribution >= 0.6 is 9.24 Å². The second kappa shape index (κ2) is 9.55. The normalized spacial score (nSPS) is 23.6. The van der Waals surface area contributed by atoms with Crippen molar-refractivity contribution in [3.8, 4) is 0 Å². The van der Waals surface area contributed by atoms with E-state index in [-0.39, 0.29) is 6.42 Å². The topological polar surface area (TPSA) is 87.7 Å². The Morgan fingerprint density at radius 3 is 2.94 bits per heavy atom. The average Bonchev–Trinajstić information content (AvgIpc) is 3.28. The van der Waals surface area contributed by atoms with E-state index in [0.717, 1.165) is 70.2 Å². The van der Waals surface area contributed by atoms with E-state index in [2.05, 4.69) is 43.8 Å². The molecule has 0 bridgehead atoms. The van der Waals surface area contributed by atoms with Gasteiger partial charge in [0.1, 0.15) is 0 Å². The van der Waals surface area contributed by atoms with Gasteiger partial charge in [0.15, 0.2) is 5.37 Å². The van der Waals surface area contributed by atoms with Gasteiger partial charge in [-0.25, -0.2) is 13.8 Å². The van der Waals surface area contributed by atoms with Gasteiger partial charge in [0.05, 0.1) is 19.6 Å². The standard InChI is InChI=1S/C26H30N3O4PS/c1-16-4-3-8-29-23(16)14-26(27-29)35(31,32)28-25(30)13-22-17(2)10-20(12-24(22)34)19-6-5-18-7-9-33-15-21(18)11-19/h10-12,14,16,26-27H,3-4,7-9,13,15,34H2,1-2H3,(H,28,30). The molecule has 9 heteroatoms. The first-order valence-corrected chi connectivity index (χ1v) is 14.1. The van der Waals surface area contributed by atoms with Gasteiger partial charge in [-0.2, -0.15) is 0 Å². The van der Waals surface area contributed by atoms with Gasteiger partial charge >= 0.3 is 0 Å². The Kier molecular flexibility index (Phi) is 6.63. The predicted molar refractivity (Wildman–Crippen MR) is 139 cm³/mol. The number of nitrogens with zero attached hydrogens (tertiary/aromatic N) is 1. The van der Waals surface area contributed by atoms with Gasteiger partial charge in [0, 0.05) is 29.8 Å². The molecule has 3 atom stereocenters. The Hall–Kier alpha value is -2.43. The van der Waals surface area contributed by atoms with Crippen LogP contribution in [0.2, 0.25) is 0 Å². The summed E-state index contributed by atoms with van der Waals surface area (Å²) in [6, 6.07) is 3.98. The Morgan fingerprint density at radius 2 is 2.17 bits per heavy atom. The van der Waals surface area contributed by atoms with Crippen LogP contribution < -0.4 is 15.5 Å². The van der Waals surface area contributed by atoms with Gasteiger partial charge in [-0.3, -0.25) is 9.52 Å². The molecule has 184 valence electrons. The smallest absolute Gasteiger partial charge is 0.256 e. The number of piperidine rings is 1. The fraction of sp³-hybridized carbons (Fsp3) is 0.423. The molecule has 1 amide bonds. The zero-order valence-corrected chi connectivity index (χ0v) is 22.0. The Bertz CT molecular complexity index is 1340. The van der Waals surface area contributed by atoms with Crippen LogP contribution in [-0.2, 0) is 26.0 Å². The van der Waals surface area contributed by atoms with Crippen LogP contribution in [0.25, 0.3) is 5.57 Å². The molecule has 0 spiro atoms. The molecular formula is C26H30N3O4PS. The third-order valence-electron chi connectivity index (χ3n) is 7.00. The third kappa shape index (κ3) is 4.96. The first-order chi connectivity index (χ1) is 16.7.